The molecule has 0 bridgehead atoms. The molecule has 75 heavy (non-hydrogen) atoms. The van der Waals surface area contributed by atoms with Crippen LogP contribution in [0.3, 0.4) is 0 Å². The number of rotatable bonds is 17. The number of carbonyl (C=O) groups excluding carboxylic acids is 7. The third kappa shape index (κ3) is 17.6. The summed E-state index contributed by atoms with van der Waals surface area (Å²) in [6.07, 6.45) is 4.23. The van der Waals surface area contributed by atoms with Gasteiger partial charge in [0.1, 0.15) is 28.9 Å². The van der Waals surface area contributed by atoms with Crippen molar-refractivity contribution < 1.29 is 52.5 Å². The summed E-state index contributed by atoms with van der Waals surface area (Å²) in [5, 5.41) is 18.1. The van der Waals surface area contributed by atoms with E-state index in [0.29, 0.717) is 55.8 Å². The van der Waals surface area contributed by atoms with Crippen LogP contribution >= 0.6 is 0 Å². The number of nitriles is 2. The van der Waals surface area contributed by atoms with E-state index in [-0.39, 0.29) is 60.5 Å². The first kappa shape index (κ1) is 57.5. The minimum Gasteiger partial charge on any atom is -0.462 e. The van der Waals surface area contributed by atoms with E-state index in [0.717, 1.165) is 5.56 Å². The van der Waals surface area contributed by atoms with Gasteiger partial charge in [0.05, 0.1) is 33.0 Å². The smallest absolute Gasteiger partial charge is 0.348 e. The molecule has 6 rings (SSSR count). The zero-order chi connectivity index (χ0) is 54.7. The van der Waals surface area contributed by atoms with Gasteiger partial charge in [0.2, 0.25) is 0 Å². The highest BCUT2D eigenvalue weighted by atomic mass is 16.6. The molecule has 6 aromatic rings. The molecular formula is C61H51N3O11. The zero-order valence-corrected chi connectivity index (χ0v) is 41.8. The molecule has 0 amide bonds. The normalized spacial score (nSPS) is 10.4. The maximum absolute atomic E-state index is 12.5. The first-order valence-corrected chi connectivity index (χ1v) is 23.4. The first-order chi connectivity index (χ1) is 36.2. The number of ketones is 3. The first-order valence-electron chi connectivity index (χ1n) is 23.4. The van der Waals surface area contributed by atoms with Crippen LogP contribution in [-0.4, -0.2) is 67.7 Å². The lowest BCUT2D eigenvalue weighted by molar-refractivity contribution is -0.146. The van der Waals surface area contributed by atoms with Gasteiger partial charge in [-0.15, -0.1) is 0 Å². The summed E-state index contributed by atoms with van der Waals surface area (Å²) in [4.78, 5) is 87.9. The molecule has 0 aliphatic carbocycles. The molecular weight excluding hydrogens is 951 g/mol. The molecule has 0 aromatic heterocycles. The number of aryl methyl sites for hydroxylation is 1. The van der Waals surface area contributed by atoms with Crippen LogP contribution in [0.25, 0.3) is 23.1 Å². The summed E-state index contributed by atoms with van der Waals surface area (Å²) in [6.45, 7) is 16.2. The van der Waals surface area contributed by atoms with Gasteiger partial charge in [-0.05, 0) is 75.6 Å². The van der Waals surface area contributed by atoms with Gasteiger partial charge in [-0.3, -0.25) is 14.4 Å². The van der Waals surface area contributed by atoms with Gasteiger partial charge in [0, 0.05) is 33.4 Å². The quantitative estimate of drug-likeness (QED) is 0.0122. The van der Waals surface area contributed by atoms with Crippen molar-refractivity contribution in [3.8, 4) is 12.1 Å². The summed E-state index contributed by atoms with van der Waals surface area (Å²) in [6, 6.07) is 46.3. The van der Waals surface area contributed by atoms with Crippen molar-refractivity contribution in [2.24, 2.45) is 0 Å². The largest absolute Gasteiger partial charge is 0.462 e. The fourth-order valence-corrected chi connectivity index (χ4v) is 6.52. The molecule has 0 aliphatic heterocycles. The van der Waals surface area contributed by atoms with Crippen molar-refractivity contribution in [2.75, 3.05) is 26.4 Å². The number of carbonyl (C=O) groups is 7. The van der Waals surface area contributed by atoms with E-state index < -0.39 is 23.9 Å². The van der Waals surface area contributed by atoms with E-state index >= 15 is 0 Å². The molecule has 0 radical (unpaired) electrons. The Morgan fingerprint density at radius 2 is 0.800 bits per heavy atom. The summed E-state index contributed by atoms with van der Waals surface area (Å²) >= 11 is 0. The molecule has 0 saturated heterocycles. The van der Waals surface area contributed by atoms with E-state index in [9.17, 15) is 33.6 Å². The molecule has 6 aromatic carbocycles. The van der Waals surface area contributed by atoms with Crippen LogP contribution in [0.5, 0.6) is 0 Å². The van der Waals surface area contributed by atoms with E-state index in [4.69, 9.17) is 36.0 Å². The molecule has 0 unspecified atom stereocenters. The van der Waals surface area contributed by atoms with Gasteiger partial charge in [0.15, 0.2) is 23.0 Å². The monoisotopic (exact) mass is 1000 g/mol. The number of esters is 4. The number of hydrogen-bond acceptors (Lipinski definition) is 13. The van der Waals surface area contributed by atoms with Crippen LogP contribution in [0.1, 0.15) is 97.7 Å². The van der Waals surface area contributed by atoms with E-state index in [1.807, 2.05) is 37.3 Å². The second-order valence-corrected chi connectivity index (χ2v) is 15.5. The Bertz CT molecular complexity index is 3200. The Labute approximate surface area is 435 Å². The van der Waals surface area contributed by atoms with Crippen molar-refractivity contribution in [1.29, 1.82) is 10.5 Å². The lowest BCUT2D eigenvalue weighted by Crippen LogP contribution is -2.18. The highest BCUT2D eigenvalue weighted by Crippen LogP contribution is 2.20. The SMILES string of the molecule is CCOC(=O)/C(C#N)=C\c1ccc(C(=O)c2ccc(C)cc2)cc1.CCOC(=O)/C(C#N)=C\c1cccc(C(=O)c2ccccc2)c1.[C-]#[N+]c1ccc(C(=O)c2ccc(C=C(C(=O)OCC)C(=O)OCC)cc2)cc1. The third-order valence-electron chi connectivity index (χ3n) is 10.3. The van der Waals surface area contributed by atoms with Gasteiger partial charge in [-0.2, -0.15) is 10.5 Å². The van der Waals surface area contributed by atoms with Gasteiger partial charge in [-0.1, -0.05) is 151 Å². The van der Waals surface area contributed by atoms with E-state index in [1.165, 1.54) is 18.2 Å². The molecule has 376 valence electrons. The highest BCUT2D eigenvalue weighted by Gasteiger charge is 2.21. The lowest BCUT2D eigenvalue weighted by Gasteiger charge is -2.07. The third-order valence-corrected chi connectivity index (χ3v) is 10.3. The molecule has 0 aliphatic rings. The Morgan fingerprint density at radius 1 is 0.440 bits per heavy atom. The predicted octanol–water partition coefficient (Wildman–Crippen LogP) is 11.1. The summed E-state index contributed by atoms with van der Waals surface area (Å²) in [7, 11) is 0. The number of benzene rings is 6. The summed E-state index contributed by atoms with van der Waals surface area (Å²) < 4.78 is 19.4. The van der Waals surface area contributed by atoms with Gasteiger partial charge in [0.25, 0.3) is 0 Å². The minimum atomic E-state index is -0.763. The summed E-state index contributed by atoms with van der Waals surface area (Å²) in [5.41, 5.74) is 6.12. The summed E-state index contributed by atoms with van der Waals surface area (Å²) in [5.74, 6) is -3.23. The average molecular weight is 1000 g/mol. The molecule has 0 spiro atoms. The molecule has 0 N–H and O–H groups in total. The molecule has 0 heterocycles. The van der Waals surface area contributed by atoms with Crippen molar-refractivity contribution in [3.05, 3.63) is 235 Å². The lowest BCUT2D eigenvalue weighted by atomic mass is 10.0. The van der Waals surface area contributed by atoms with Crippen LogP contribution in [0.4, 0.5) is 5.69 Å². The standard InChI is InChI=1S/C22H19NO5.C20H17NO3.C19H15NO3/c1-4-27-21(25)19(22(26)28-5-2)14-15-6-8-16(9-7-15)20(24)17-10-12-18(23-3)13-11-17;1-3-24-20(23)18(13-21)12-15-6-10-17(11-7-15)19(22)16-8-4-14(2)5-9-16;1-2-23-19(22)17(13-20)12-14-7-6-10-16(11-14)18(21)15-8-4-3-5-9-15/h6-14H,4-5H2,1-2H3;4-12H,3H2,1-2H3;3-12H,2H2,1H3/b;18-12-;17-12-. The molecule has 14 nitrogen and oxygen atoms in total. The van der Waals surface area contributed by atoms with E-state index in [2.05, 4.69) is 4.85 Å². The highest BCUT2D eigenvalue weighted by molar-refractivity contribution is 6.18. The fourth-order valence-electron chi connectivity index (χ4n) is 6.52. The molecule has 0 fully saturated rings. The molecule has 0 saturated carbocycles. The zero-order valence-electron chi connectivity index (χ0n) is 41.8. The average Bonchev–Trinajstić information content (AvgIpc) is 3.44. The maximum atomic E-state index is 12.5. The minimum absolute atomic E-state index is 0.0728. The van der Waals surface area contributed by atoms with Crippen LogP contribution < -0.4 is 0 Å². The Balaban J connectivity index is 0.000000245. The second-order valence-electron chi connectivity index (χ2n) is 15.5. The Morgan fingerprint density at radius 3 is 1.23 bits per heavy atom. The van der Waals surface area contributed by atoms with Crippen molar-refractivity contribution in [3.63, 3.8) is 0 Å². The Kier molecular flexibility index (Phi) is 22.9. The van der Waals surface area contributed by atoms with Crippen molar-refractivity contribution in [1.82, 2.24) is 0 Å². The van der Waals surface area contributed by atoms with E-state index in [1.54, 1.807) is 161 Å². The maximum Gasteiger partial charge on any atom is 0.348 e. The number of ether oxygens (including phenoxy) is 4. The van der Waals surface area contributed by atoms with Crippen LogP contribution in [-0.2, 0) is 38.1 Å². The fraction of sp³-hybridized carbons (Fsp3) is 0.148. The Hall–Kier alpha value is -10.1. The van der Waals surface area contributed by atoms with Crippen molar-refractivity contribution >= 4 is 65.1 Å². The number of nitrogens with zero attached hydrogens (tertiary/aromatic N) is 3. The van der Waals surface area contributed by atoms with Crippen LogP contribution in [0, 0.1) is 36.2 Å². The number of hydrogen-bond donors (Lipinski definition) is 0. The molecule has 0 atom stereocenters. The van der Waals surface area contributed by atoms with Crippen LogP contribution in [0.2, 0.25) is 0 Å². The van der Waals surface area contributed by atoms with Gasteiger partial charge in [-0.25, -0.2) is 24.0 Å². The topological polar surface area (TPSA) is 208 Å². The van der Waals surface area contributed by atoms with Gasteiger partial charge >= 0.3 is 23.9 Å². The second kappa shape index (κ2) is 29.9. The molecule has 14 heteroatoms. The van der Waals surface area contributed by atoms with Gasteiger partial charge < -0.3 is 18.9 Å². The van der Waals surface area contributed by atoms with Crippen LogP contribution in [0.15, 0.2) is 168 Å². The van der Waals surface area contributed by atoms with Crippen molar-refractivity contribution in [2.45, 2.75) is 34.6 Å². The predicted molar refractivity (Wildman–Crippen MR) is 282 cm³/mol.